The van der Waals surface area contributed by atoms with Crippen LogP contribution in [0, 0.1) is 19.7 Å². The van der Waals surface area contributed by atoms with Crippen LogP contribution < -0.4 is 20.1 Å². The molecule has 5 rings (SSSR count). The van der Waals surface area contributed by atoms with Crippen LogP contribution in [0.4, 0.5) is 10.1 Å². The lowest BCUT2D eigenvalue weighted by atomic mass is 10.1. The maximum atomic E-state index is 13.0. The Kier molecular flexibility index (Phi) is 5.59. The average Bonchev–Trinajstić information content (AvgIpc) is 3.31. The molecular weight excluding hydrogens is 453 g/mol. The Bertz CT molecular complexity index is 1640. The van der Waals surface area contributed by atoms with Crippen molar-refractivity contribution in [2.45, 2.75) is 13.8 Å². The molecule has 2 aromatic heterocycles. The summed E-state index contributed by atoms with van der Waals surface area (Å²) in [5.74, 6) is -0.199. The van der Waals surface area contributed by atoms with Gasteiger partial charge in [-0.15, -0.1) is 0 Å². The van der Waals surface area contributed by atoms with Gasteiger partial charge in [-0.25, -0.2) is 13.8 Å². The number of fused-ring (bicyclic) bond motifs is 3. The lowest BCUT2D eigenvalue weighted by Gasteiger charge is -2.07. The summed E-state index contributed by atoms with van der Waals surface area (Å²) in [4.78, 5) is 30.3. The Labute approximate surface area is 197 Å². The maximum absolute atomic E-state index is 13.0. The topological polar surface area (TPSA) is 72.7 Å². The lowest BCUT2D eigenvalue weighted by Crippen LogP contribution is -2.22. The molecule has 0 radical (unpaired) electrons. The molecule has 0 spiro atoms. The Morgan fingerprint density at radius 1 is 1.09 bits per heavy atom. The number of aromatic nitrogens is 2. The lowest BCUT2D eigenvalue weighted by molar-refractivity contribution is -0.118. The number of hydrogen-bond acceptors (Lipinski definition) is 5. The number of anilines is 1. The molecule has 0 aliphatic rings. The SMILES string of the molecule is Cc1cc2nc3s/c(=C\c4ccc(OCC(=O)Nc5ccc(F)cc5)cc4)c(=O)n3c2cc1C. The van der Waals surface area contributed by atoms with Crippen LogP contribution in [0.1, 0.15) is 16.7 Å². The van der Waals surface area contributed by atoms with Gasteiger partial charge in [-0.3, -0.25) is 9.59 Å². The van der Waals surface area contributed by atoms with E-state index in [2.05, 4.69) is 10.3 Å². The van der Waals surface area contributed by atoms with Crippen LogP contribution in [0.25, 0.3) is 22.1 Å². The first-order chi connectivity index (χ1) is 16.4. The third kappa shape index (κ3) is 4.27. The number of ether oxygens (including phenoxy) is 1. The molecule has 0 unspecified atom stereocenters. The van der Waals surface area contributed by atoms with Gasteiger partial charge >= 0.3 is 0 Å². The van der Waals surface area contributed by atoms with E-state index in [-0.39, 0.29) is 23.9 Å². The average molecular weight is 474 g/mol. The van der Waals surface area contributed by atoms with Gasteiger partial charge in [0.25, 0.3) is 11.5 Å². The summed E-state index contributed by atoms with van der Waals surface area (Å²) in [5.41, 5.74) is 5.14. The number of carbonyl (C=O) groups is 1. The minimum Gasteiger partial charge on any atom is -0.484 e. The van der Waals surface area contributed by atoms with Crippen LogP contribution in [0.2, 0.25) is 0 Å². The second-order valence-corrected chi connectivity index (χ2v) is 8.99. The molecule has 8 heteroatoms. The zero-order chi connectivity index (χ0) is 23.8. The first-order valence-electron chi connectivity index (χ1n) is 10.6. The van der Waals surface area contributed by atoms with Gasteiger partial charge in [0.05, 0.1) is 15.6 Å². The predicted octanol–water partition coefficient (Wildman–Crippen LogP) is 4.23. The van der Waals surface area contributed by atoms with Crippen molar-refractivity contribution in [1.29, 1.82) is 0 Å². The Morgan fingerprint density at radius 3 is 2.53 bits per heavy atom. The van der Waals surface area contributed by atoms with Gasteiger partial charge < -0.3 is 10.1 Å². The van der Waals surface area contributed by atoms with Crippen molar-refractivity contribution in [3.63, 3.8) is 0 Å². The molecule has 1 amide bonds. The molecule has 0 saturated heterocycles. The number of imidazole rings is 1. The molecule has 0 aliphatic carbocycles. The van der Waals surface area contributed by atoms with E-state index in [9.17, 15) is 14.0 Å². The summed E-state index contributed by atoms with van der Waals surface area (Å²) < 4.78 is 20.7. The van der Waals surface area contributed by atoms with Gasteiger partial charge in [0, 0.05) is 5.69 Å². The van der Waals surface area contributed by atoms with E-state index < -0.39 is 0 Å². The highest BCUT2D eigenvalue weighted by molar-refractivity contribution is 7.15. The Hall–Kier alpha value is -4.04. The first-order valence-corrected chi connectivity index (χ1v) is 11.4. The van der Waals surface area contributed by atoms with Crippen LogP contribution in [-0.4, -0.2) is 21.9 Å². The summed E-state index contributed by atoms with van der Waals surface area (Å²) in [7, 11) is 0. The number of nitrogens with zero attached hydrogens (tertiary/aromatic N) is 2. The minimum atomic E-state index is -0.370. The third-order valence-electron chi connectivity index (χ3n) is 5.53. The number of hydrogen-bond donors (Lipinski definition) is 1. The Balaban J connectivity index is 1.31. The highest BCUT2D eigenvalue weighted by atomic mass is 32.1. The number of aryl methyl sites for hydroxylation is 2. The van der Waals surface area contributed by atoms with Crippen LogP contribution >= 0.6 is 11.3 Å². The molecule has 170 valence electrons. The molecule has 5 aromatic rings. The van der Waals surface area contributed by atoms with Gasteiger partial charge in [0.15, 0.2) is 11.6 Å². The smallest absolute Gasteiger partial charge is 0.274 e. The van der Waals surface area contributed by atoms with E-state index in [4.69, 9.17) is 4.74 Å². The van der Waals surface area contributed by atoms with E-state index in [0.29, 0.717) is 20.9 Å². The van der Waals surface area contributed by atoms with Gasteiger partial charge in [0.1, 0.15) is 11.6 Å². The Morgan fingerprint density at radius 2 is 1.79 bits per heavy atom. The standard InChI is InChI=1S/C26H20FN3O3S/c1-15-11-21-22(12-16(15)2)30-25(32)23(34-26(30)29-21)13-17-3-9-20(10-4-17)33-14-24(31)28-19-7-5-18(27)6-8-19/h3-13H,14H2,1-2H3,(H,28,31)/b23-13-. The van der Waals surface area contributed by atoms with E-state index >= 15 is 0 Å². The van der Waals surface area contributed by atoms with Crippen molar-refractivity contribution in [1.82, 2.24) is 9.38 Å². The zero-order valence-electron chi connectivity index (χ0n) is 18.5. The normalized spacial score (nSPS) is 11.9. The number of thiazole rings is 1. The van der Waals surface area contributed by atoms with E-state index in [1.54, 1.807) is 16.5 Å². The van der Waals surface area contributed by atoms with Gasteiger partial charge in [0.2, 0.25) is 0 Å². The molecule has 0 fully saturated rings. The monoisotopic (exact) mass is 473 g/mol. The van der Waals surface area contributed by atoms with Gasteiger partial charge in [-0.05, 0) is 85.1 Å². The fourth-order valence-electron chi connectivity index (χ4n) is 3.61. The third-order valence-corrected chi connectivity index (χ3v) is 6.50. The molecule has 2 heterocycles. The largest absolute Gasteiger partial charge is 0.484 e. The molecule has 34 heavy (non-hydrogen) atoms. The molecule has 3 aromatic carbocycles. The highest BCUT2D eigenvalue weighted by Crippen LogP contribution is 2.21. The van der Waals surface area contributed by atoms with Gasteiger partial charge in [-0.1, -0.05) is 23.5 Å². The number of amides is 1. The number of benzene rings is 3. The summed E-state index contributed by atoms with van der Waals surface area (Å²) in [6, 6.07) is 16.6. The number of nitrogens with one attached hydrogen (secondary N) is 1. The molecule has 1 N–H and O–H groups in total. The number of rotatable bonds is 5. The first kappa shape index (κ1) is 21.8. The quantitative estimate of drug-likeness (QED) is 0.415. The molecular formula is C26H20FN3O3S. The van der Waals surface area contributed by atoms with E-state index in [0.717, 1.165) is 27.7 Å². The van der Waals surface area contributed by atoms with Crippen molar-refractivity contribution >= 4 is 45.0 Å². The zero-order valence-corrected chi connectivity index (χ0v) is 19.3. The summed E-state index contributed by atoms with van der Waals surface area (Å²) >= 11 is 1.35. The second-order valence-electron chi connectivity index (χ2n) is 7.98. The number of carbonyl (C=O) groups excluding carboxylic acids is 1. The molecule has 0 atom stereocenters. The van der Waals surface area contributed by atoms with E-state index in [1.165, 1.54) is 35.6 Å². The van der Waals surface area contributed by atoms with Crippen molar-refractivity contribution in [3.8, 4) is 5.75 Å². The number of halogens is 1. The van der Waals surface area contributed by atoms with Crippen molar-refractivity contribution in [2.75, 3.05) is 11.9 Å². The minimum absolute atomic E-state index is 0.0939. The summed E-state index contributed by atoms with van der Waals surface area (Å²) in [6.45, 7) is 3.87. The molecule has 0 bridgehead atoms. The van der Waals surface area contributed by atoms with Crippen LogP contribution in [-0.2, 0) is 4.79 Å². The van der Waals surface area contributed by atoms with E-state index in [1.807, 2.05) is 44.2 Å². The van der Waals surface area contributed by atoms with Crippen LogP contribution in [0.5, 0.6) is 5.75 Å². The summed E-state index contributed by atoms with van der Waals surface area (Å²) in [6.07, 6.45) is 1.82. The fraction of sp³-hybridized carbons (Fsp3) is 0.115. The maximum Gasteiger partial charge on any atom is 0.274 e. The van der Waals surface area contributed by atoms with Gasteiger partial charge in [-0.2, -0.15) is 0 Å². The van der Waals surface area contributed by atoms with Crippen LogP contribution in [0.15, 0.2) is 65.5 Å². The highest BCUT2D eigenvalue weighted by Gasteiger charge is 2.12. The molecule has 6 nitrogen and oxygen atoms in total. The van der Waals surface area contributed by atoms with Crippen molar-refractivity contribution < 1.29 is 13.9 Å². The van der Waals surface area contributed by atoms with Crippen molar-refractivity contribution in [2.24, 2.45) is 0 Å². The molecule has 0 aliphatic heterocycles. The molecule has 0 saturated carbocycles. The predicted molar refractivity (Wildman–Crippen MR) is 132 cm³/mol. The fourth-order valence-corrected chi connectivity index (χ4v) is 4.60. The second kappa shape index (κ2) is 8.72. The summed E-state index contributed by atoms with van der Waals surface area (Å²) in [5, 5.41) is 2.64. The van der Waals surface area contributed by atoms with Crippen molar-refractivity contribution in [3.05, 3.63) is 98.1 Å². The van der Waals surface area contributed by atoms with Crippen LogP contribution in [0.3, 0.4) is 0 Å².